The Balaban J connectivity index is 1.64. The molecule has 4 heterocycles. The van der Waals surface area contributed by atoms with Gasteiger partial charge in [-0.2, -0.15) is 0 Å². The molecule has 126 valence electrons. The molecule has 0 amide bonds. The van der Waals surface area contributed by atoms with E-state index in [1.165, 1.54) is 6.42 Å². The molecule has 3 aromatic rings. The van der Waals surface area contributed by atoms with Crippen molar-refractivity contribution >= 4 is 11.5 Å². The molecule has 2 atom stereocenters. The summed E-state index contributed by atoms with van der Waals surface area (Å²) in [6.07, 6.45) is 11.4. The Morgan fingerprint density at radius 1 is 1.33 bits per heavy atom. The van der Waals surface area contributed by atoms with E-state index in [9.17, 15) is 5.11 Å². The van der Waals surface area contributed by atoms with Gasteiger partial charge in [0.05, 0.1) is 6.26 Å². The molecule has 1 saturated heterocycles. The number of hydrogen-bond donors (Lipinski definition) is 1. The van der Waals surface area contributed by atoms with Crippen LogP contribution in [0.25, 0.3) is 5.65 Å². The molecule has 1 N–H and O–H groups in total. The molecule has 7 nitrogen and oxygen atoms in total. The number of nitrogens with zero attached hydrogens (tertiary/aromatic N) is 5. The molecular weight excluding hydrogens is 306 g/mol. The number of rotatable bonds is 4. The molecule has 0 bridgehead atoms. The van der Waals surface area contributed by atoms with E-state index in [4.69, 9.17) is 4.42 Å². The Bertz CT molecular complexity index is 785. The second-order valence-electron chi connectivity index (χ2n) is 6.28. The van der Waals surface area contributed by atoms with Gasteiger partial charge in [0.1, 0.15) is 18.2 Å². The van der Waals surface area contributed by atoms with Crippen LogP contribution >= 0.6 is 0 Å². The van der Waals surface area contributed by atoms with Crippen molar-refractivity contribution in [3.63, 3.8) is 0 Å². The highest BCUT2D eigenvalue weighted by molar-refractivity contribution is 5.63. The maximum absolute atomic E-state index is 10.5. The monoisotopic (exact) mass is 327 g/mol. The normalized spacial score (nSPS) is 20.2. The summed E-state index contributed by atoms with van der Waals surface area (Å²) >= 11 is 0. The Morgan fingerprint density at radius 3 is 3.17 bits per heavy atom. The van der Waals surface area contributed by atoms with Crippen LogP contribution in [-0.4, -0.2) is 37.3 Å². The molecule has 0 radical (unpaired) electrons. The van der Waals surface area contributed by atoms with Gasteiger partial charge in [-0.25, -0.2) is 4.98 Å². The summed E-state index contributed by atoms with van der Waals surface area (Å²) in [6.45, 7) is 0.912. The molecule has 0 aliphatic carbocycles. The van der Waals surface area contributed by atoms with Gasteiger partial charge in [0, 0.05) is 31.4 Å². The fourth-order valence-electron chi connectivity index (χ4n) is 3.50. The maximum atomic E-state index is 10.5. The summed E-state index contributed by atoms with van der Waals surface area (Å²) in [5.41, 5.74) is 0.761. The molecule has 7 heteroatoms. The highest BCUT2D eigenvalue weighted by Gasteiger charge is 2.28. The molecule has 0 saturated carbocycles. The smallest absolute Gasteiger partial charge is 0.203 e. The minimum absolute atomic E-state index is 0.197. The van der Waals surface area contributed by atoms with Gasteiger partial charge in [0.15, 0.2) is 5.82 Å². The van der Waals surface area contributed by atoms with Gasteiger partial charge in [0.2, 0.25) is 5.65 Å². The van der Waals surface area contributed by atoms with Gasteiger partial charge >= 0.3 is 0 Å². The first kappa shape index (κ1) is 15.1. The molecule has 4 rings (SSSR count). The van der Waals surface area contributed by atoms with Crippen LogP contribution in [0.5, 0.6) is 0 Å². The average molecular weight is 327 g/mol. The van der Waals surface area contributed by atoms with Gasteiger partial charge in [-0.05, 0) is 25.0 Å². The summed E-state index contributed by atoms with van der Waals surface area (Å²) in [4.78, 5) is 6.84. The SMILES string of the molecule is O[C@@H](C[C@@H]1CCCCCN1c1nccn2cnnc12)c1ccco1. The van der Waals surface area contributed by atoms with Gasteiger partial charge in [-0.1, -0.05) is 12.8 Å². The van der Waals surface area contributed by atoms with Crippen molar-refractivity contribution in [3.8, 4) is 0 Å². The molecule has 1 aliphatic heterocycles. The van der Waals surface area contributed by atoms with Crippen LogP contribution in [0.15, 0.2) is 41.5 Å². The van der Waals surface area contributed by atoms with Crippen LogP contribution < -0.4 is 4.90 Å². The van der Waals surface area contributed by atoms with Crippen molar-refractivity contribution < 1.29 is 9.52 Å². The molecule has 1 aliphatic rings. The molecule has 0 unspecified atom stereocenters. The standard InChI is InChI=1S/C17H21N5O2/c23-14(15-6-4-10-24-15)11-13-5-2-1-3-8-22(13)16-17-20-19-12-21(17)9-7-18-16/h4,6-7,9-10,12-14,23H,1-3,5,8,11H2/t13-,14-/m0/s1. The quantitative estimate of drug-likeness (QED) is 0.793. The van der Waals surface area contributed by atoms with E-state index in [2.05, 4.69) is 20.1 Å². The van der Waals surface area contributed by atoms with Crippen LogP contribution in [0, 0.1) is 0 Å². The lowest BCUT2D eigenvalue weighted by Crippen LogP contribution is -2.37. The van der Waals surface area contributed by atoms with E-state index in [1.54, 1.807) is 18.8 Å². The zero-order chi connectivity index (χ0) is 16.4. The van der Waals surface area contributed by atoms with Crippen molar-refractivity contribution in [2.24, 2.45) is 0 Å². The number of aromatic nitrogens is 4. The molecule has 0 spiro atoms. The van der Waals surface area contributed by atoms with Crippen molar-refractivity contribution in [2.75, 3.05) is 11.4 Å². The number of hydrogen-bond acceptors (Lipinski definition) is 6. The minimum Gasteiger partial charge on any atom is -0.467 e. The fourth-order valence-corrected chi connectivity index (χ4v) is 3.50. The average Bonchev–Trinajstić information content (AvgIpc) is 3.24. The third kappa shape index (κ3) is 2.87. The van der Waals surface area contributed by atoms with Gasteiger partial charge in [-0.15, -0.1) is 10.2 Å². The van der Waals surface area contributed by atoms with Crippen molar-refractivity contribution in [1.82, 2.24) is 19.6 Å². The van der Waals surface area contributed by atoms with E-state index >= 15 is 0 Å². The summed E-state index contributed by atoms with van der Waals surface area (Å²) in [6, 6.07) is 3.83. The number of anilines is 1. The molecule has 1 fully saturated rings. The second kappa shape index (κ2) is 6.60. The number of fused-ring (bicyclic) bond motifs is 1. The Hall–Kier alpha value is -2.41. The van der Waals surface area contributed by atoms with E-state index in [0.717, 1.165) is 37.3 Å². The predicted molar refractivity (Wildman–Crippen MR) is 88.7 cm³/mol. The summed E-state index contributed by atoms with van der Waals surface area (Å²) < 4.78 is 7.24. The topological polar surface area (TPSA) is 79.7 Å². The van der Waals surface area contributed by atoms with Crippen LogP contribution in [0.3, 0.4) is 0 Å². The Morgan fingerprint density at radius 2 is 2.29 bits per heavy atom. The lowest BCUT2D eigenvalue weighted by Gasteiger charge is -2.32. The number of aliphatic hydroxyl groups excluding tert-OH is 1. The predicted octanol–water partition coefficient (Wildman–Crippen LogP) is 2.59. The lowest BCUT2D eigenvalue weighted by atomic mass is 10.0. The third-order valence-corrected chi connectivity index (χ3v) is 4.71. The molecule has 0 aromatic carbocycles. The van der Waals surface area contributed by atoms with Crippen LogP contribution in [0.2, 0.25) is 0 Å². The van der Waals surface area contributed by atoms with Crippen LogP contribution in [0.1, 0.15) is 44.0 Å². The Labute approximate surface area is 139 Å². The van der Waals surface area contributed by atoms with Crippen molar-refractivity contribution in [1.29, 1.82) is 0 Å². The highest BCUT2D eigenvalue weighted by Crippen LogP contribution is 2.30. The van der Waals surface area contributed by atoms with Gasteiger partial charge < -0.3 is 14.4 Å². The first-order valence-corrected chi connectivity index (χ1v) is 8.45. The van der Waals surface area contributed by atoms with E-state index in [0.29, 0.717) is 12.2 Å². The van der Waals surface area contributed by atoms with Crippen molar-refractivity contribution in [2.45, 2.75) is 44.2 Å². The first-order valence-electron chi connectivity index (χ1n) is 8.45. The molecule has 3 aromatic heterocycles. The largest absolute Gasteiger partial charge is 0.467 e. The summed E-state index contributed by atoms with van der Waals surface area (Å²) in [5, 5.41) is 18.7. The Kier molecular flexibility index (Phi) is 4.17. The minimum atomic E-state index is -0.608. The van der Waals surface area contributed by atoms with Crippen molar-refractivity contribution in [3.05, 3.63) is 42.9 Å². The van der Waals surface area contributed by atoms with E-state index in [1.807, 2.05) is 22.7 Å². The zero-order valence-electron chi connectivity index (χ0n) is 13.5. The number of aliphatic hydroxyl groups is 1. The van der Waals surface area contributed by atoms with Gasteiger partial charge in [0.25, 0.3) is 0 Å². The summed E-state index contributed by atoms with van der Waals surface area (Å²) in [7, 11) is 0. The third-order valence-electron chi connectivity index (χ3n) is 4.71. The van der Waals surface area contributed by atoms with Gasteiger partial charge in [-0.3, -0.25) is 4.40 Å². The number of furan rings is 1. The summed E-state index contributed by atoms with van der Waals surface area (Å²) in [5.74, 6) is 1.46. The molecule has 24 heavy (non-hydrogen) atoms. The maximum Gasteiger partial charge on any atom is 0.203 e. The first-order chi connectivity index (χ1) is 11.8. The fraction of sp³-hybridized carbons (Fsp3) is 0.471. The second-order valence-corrected chi connectivity index (χ2v) is 6.28. The van der Waals surface area contributed by atoms with E-state index in [-0.39, 0.29) is 6.04 Å². The highest BCUT2D eigenvalue weighted by atomic mass is 16.4. The molecular formula is C17H21N5O2. The zero-order valence-corrected chi connectivity index (χ0v) is 13.5. The van der Waals surface area contributed by atoms with Crippen LogP contribution in [-0.2, 0) is 0 Å². The lowest BCUT2D eigenvalue weighted by molar-refractivity contribution is 0.129. The van der Waals surface area contributed by atoms with E-state index < -0.39 is 6.10 Å². The van der Waals surface area contributed by atoms with Crippen LogP contribution in [0.4, 0.5) is 5.82 Å².